The first-order valence-electron chi connectivity index (χ1n) is 9.78. The predicted octanol–water partition coefficient (Wildman–Crippen LogP) is 3.59. The van der Waals surface area contributed by atoms with Crippen LogP contribution in [-0.2, 0) is 14.9 Å². The summed E-state index contributed by atoms with van der Waals surface area (Å²) in [5.74, 6) is 1.65. The number of benzene rings is 1. The molecule has 0 fully saturated rings. The maximum atomic E-state index is 5.56. The van der Waals surface area contributed by atoms with Crippen molar-refractivity contribution in [2.75, 3.05) is 53.7 Å². The fraction of sp³-hybridized carbons (Fsp3) is 0.667. The zero-order valence-electron chi connectivity index (χ0n) is 18.0. The van der Waals surface area contributed by atoms with Crippen molar-refractivity contribution in [2.24, 2.45) is 4.99 Å². The number of hydrogen-bond acceptors (Lipinski definition) is 4. The molecule has 0 aliphatic heterocycles. The van der Waals surface area contributed by atoms with Gasteiger partial charge < -0.3 is 24.8 Å². The van der Waals surface area contributed by atoms with E-state index in [0.29, 0.717) is 26.4 Å². The van der Waals surface area contributed by atoms with Gasteiger partial charge in [0.25, 0.3) is 0 Å². The smallest absolute Gasteiger partial charge is 0.191 e. The summed E-state index contributed by atoms with van der Waals surface area (Å²) in [6.45, 7) is 10.8. The van der Waals surface area contributed by atoms with Crippen molar-refractivity contribution in [3.8, 4) is 5.75 Å². The van der Waals surface area contributed by atoms with E-state index in [4.69, 9.17) is 14.2 Å². The molecule has 7 heteroatoms. The highest BCUT2D eigenvalue weighted by Gasteiger charge is 2.21. The van der Waals surface area contributed by atoms with Gasteiger partial charge in [-0.15, -0.1) is 24.0 Å². The molecule has 0 aliphatic rings. The van der Waals surface area contributed by atoms with Gasteiger partial charge in [0.05, 0.1) is 26.9 Å². The lowest BCUT2D eigenvalue weighted by atomic mass is 9.84. The molecular weight excluding hydrogens is 469 g/mol. The molecule has 0 aromatic heterocycles. The fourth-order valence-corrected chi connectivity index (χ4v) is 2.48. The molecule has 0 unspecified atom stereocenters. The SMILES string of the molecule is CCCCOCCOCCNC(=NC)NCC(C)(C)c1ccc(OC)cc1.I. The summed E-state index contributed by atoms with van der Waals surface area (Å²) >= 11 is 0. The molecule has 0 atom stereocenters. The normalized spacial score (nSPS) is 11.7. The Hall–Kier alpha value is -1.06. The Labute approximate surface area is 187 Å². The van der Waals surface area contributed by atoms with Gasteiger partial charge in [-0.25, -0.2) is 0 Å². The third kappa shape index (κ3) is 11.1. The van der Waals surface area contributed by atoms with Crippen LogP contribution in [-0.4, -0.2) is 59.6 Å². The van der Waals surface area contributed by atoms with Crippen LogP contribution in [0.1, 0.15) is 39.2 Å². The second-order valence-electron chi connectivity index (χ2n) is 7.04. The molecule has 0 radical (unpaired) electrons. The highest BCUT2D eigenvalue weighted by molar-refractivity contribution is 14.0. The molecule has 1 aromatic carbocycles. The summed E-state index contributed by atoms with van der Waals surface area (Å²) in [7, 11) is 3.46. The number of nitrogens with one attached hydrogen (secondary N) is 2. The number of ether oxygens (including phenoxy) is 3. The van der Waals surface area contributed by atoms with Gasteiger partial charge in [-0.05, 0) is 24.1 Å². The van der Waals surface area contributed by atoms with Gasteiger partial charge in [-0.2, -0.15) is 0 Å². The van der Waals surface area contributed by atoms with Gasteiger partial charge in [0, 0.05) is 32.2 Å². The van der Waals surface area contributed by atoms with E-state index < -0.39 is 0 Å². The van der Waals surface area contributed by atoms with E-state index in [2.05, 4.69) is 48.5 Å². The topological polar surface area (TPSA) is 64.1 Å². The minimum atomic E-state index is -0.0315. The number of rotatable bonds is 13. The lowest BCUT2D eigenvalue weighted by molar-refractivity contribution is 0.0487. The van der Waals surface area contributed by atoms with Crippen LogP contribution >= 0.6 is 24.0 Å². The van der Waals surface area contributed by atoms with Crippen LogP contribution in [0, 0.1) is 0 Å². The number of guanidine groups is 1. The number of hydrogen-bond donors (Lipinski definition) is 2. The minimum Gasteiger partial charge on any atom is -0.497 e. The number of unbranched alkanes of at least 4 members (excludes halogenated alkanes) is 1. The van der Waals surface area contributed by atoms with Gasteiger partial charge in [0.15, 0.2) is 5.96 Å². The predicted molar refractivity (Wildman–Crippen MR) is 127 cm³/mol. The standard InChI is InChI=1S/C21H37N3O3.HI/c1-6-7-13-26-15-16-27-14-12-23-20(22-4)24-17-21(2,3)18-8-10-19(25-5)11-9-18;/h8-11H,6-7,12-17H2,1-5H3,(H2,22,23,24);1H. The third-order valence-corrected chi connectivity index (χ3v) is 4.35. The van der Waals surface area contributed by atoms with Crippen molar-refractivity contribution in [3.63, 3.8) is 0 Å². The molecular formula is C21H38IN3O3. The molecule has 2 N–H and O–H groups in total. The number of aliphatic imine (C=N–C) groups is 1. The molecule has 1 aromatic rings. The largest absolute Gasteiger partial charge is 0.497 e. The van der Waals surface area contributed by atoms with Crippen LogP contribution in [0.2, 0.25) is 0 Å². The zero-order chi connectivity index (χ0) is 20.0. The molecule has 0 saturated carbocycles. The molecule has 0 bridgehead atoms. The van der Waals surface area contributed by atoms with E-state index >= 15 is 0 Å². The van der Waals surface area contributed by atoms with E-state index in [1.165, 1.54) is 5.56 Å². The molecule has 1 rings (SSSR count). The monoisotopic (exact) mass is 507 g/mol. The van der Waals surface area contributed by atoms with Gasteiger partial charge >= 0.3 is 0 Å². The second-order valence-corrected chi connectivity index (χ2v) is 7.04. The highest BCUT2D eigenvalue weighted by atomic mass is 127. The van der Waals surface area contributed by atoms with E-state index in [0.717, 1.165) is 37.7 Å². The second kappa shape index (κ2) is 15.8. The van der Waals surface area contributed by atoms with E-state index in [1.807, 2.05) is 12.1 Å². The number of nitrogens with zero attached hydrogens (tertiary/aromatic N) is 1. The fourth-order valence-electron chi connectivity index (χ4n) is 2.48. The van der Waals surface area contributed by atoms with Crippen molar-refractivity contribution in [3.05, 3.63) is 29.8 Å². The minimum absolute atomic E-state index is 0. The van der Waals surface area contributed by atoms with Crippen LogP contribution in [0.3, 0.4) is 0 Å². The Balaban J connectivity index is 0.00000729. The van der Waals surface area contributed by atoms with Crippen molar-refractivity contribution in [2.45, 2.75) is 39.0 Å². The lowest BCUT2D eigenvalue weighted by Gasteiger charge is -2.27. The molecule has 6 nitrogen and oxygen atoms in total. The first kappa shape index (κ1) is 26.9. The summed E-state index contributed by atoms with van der Waals surface area (Å²) in [4.78, 5) is 4.27. The number of methoxy groups -OCH3 is 1. The van der Waals surface area contributed by atoms with Crippen LogP contribution in [0.5, 0.6) is 5.75 Å². The van der Waals surface area contributed by atoms with E-state index in [1.54, 1.807) is 14.2 Å². The van der Waals surface area contributed by atoms with Crippen LogP contribution in [0.15, 0.2) is 29.3 Å². The maximum Gasteiger partial charge on any atom is 0.191 e. The average molecular weight is 507 g/mol. The van der Waals surface area contributed by atoms with Crippen molar-refractivity contribution < 1.29 is 14.2 Å². The average Bonchev–Trinajstić information content (AvgIpc) is 2.69. The van der Waals surface area contributed by atoms with Crippen LogP contribution in [0.4, 0.5) is 0 Å². The molecule has 0 amide bonds. The van der Waals surface area contributed by atoms with Crippen molar-refractivity contribution in [1.29, 1.82) is 0 Å². The Morgan fingerprint density at radius 1 is 1.00 bits per heavy atom. The highest BCUT2D eigenvalue weighted by Crippen LogP contribution is 2.24. The van der Waals surface area contributed by atoms with Crippen molar-refractivity contribution >= 4 is 29.9 Å². The summed E-state index contributed by atoms with van der Waals surface area (Å²) in [5.41, 5.74) is 1.22. The van der Waals surface area contributed by atoms with E-state index in [-0.39, 0.29) is 29.4 Å². The summed E-state index contributed by atoms with van der Waals surface area (Å²) in [6.07, 6.45) is 2.27. The quantitative estimate of drug-likeness (QED) is 0.185. The summed E-state index contributed by atoms with van der Waals surface area (Å²) < 4.78 is 16.3. The first-order valence-corrected chi connectivity index (χ1v) is 9.78. The number of halogens is 1. The molecule has 0 aliphatic carbocycles. The van der Waals surface area contributed by atoms with Crippen molar-refractivity contribution in [1.82, 2.24) is 10.6 Å². The Kier molecular flexibility index (Phi) is 15.2. The molecule has 0 spiro atoms. The Morgan fingerprint density at radius 2 is 1.64 bits per heavy atom. The van der Waals surface area contributed by atoms with Crippen LogP contribution in [0.25, 0.3) is 0 Å². The molecule has 28 heavy (non-hydrogen) atoms. The van der Waals surface area contributed by atoms with Gasteiger partial charge in [-0.3, -0.25) is 4.99 Å². The summed E-state index contributed by atoms with van der Waals surface area (Å²) in [6, 6.07) is 8.20. The van der Waals surface area contributed by atoms with Gasteiger partial charge in [0.2, 0.25) is 0 Å². The van der Waals surface area contributed by atoms with Gasteiger partial charge in [0.1, 0.15) is 5.75 Å². The van der Waals surface area contributed by atoms with E-state index in [9.17, 15) is 0 Å². The zero-order valence-corrected chi connectivity index (χ0v) is 20.4. The maximum absolute atomic E-state index is 5.56. The van der Waals surface area contributed by atoms with Crippen LogP contribution < -0.4 is 15.4 Å². The lowest BCUT2D eigenvalue weighted by Crippen LogP contribution is -2.44. The summed E-state index contributed by atoms with van der Waals surface area (Å²) in [5, 5.41) is 6.67. The Bertz CT molecular complexity index is 536. The molecule has 0 saturated heterocycles. The molecule has 0 heterocycles. The first-order chi connectivity index (χ1) is 13.0. The molecule has 162 valence electrons. The third-order valence-electron chi connectivity index (χ3n) is 4.35. The Morgan fingerprint density at radius 3 is 2.21 bits per heavy atom. The van der Waals surface area contributed by atoms with Gasteiger partial charge in [-0.1, -0.05) is 39.3 Å².